The number of azide groups is 2. The first kappa shape index (κ1) is 56.5. The summed E-state index contributed by atoms with van der Waals surface area (Å²) >= 11 is 0. The Balaban J connectivity index is 1.20. The fourth-order valence-corrected chi connectivity index (χ4v) is 9.74. The van der Waals surface area contributed by atoms with E-state index in [0.717, 1.165) is 16.7 Å². The molecule has 8 unspecified atom stereocenters. The zero-order valence-corrected chi connectivity index (χ0v) is 43.2. The lowest BCUT2D eigenvalue weighted by Crippen LogP contribution is -2.67. The van der Waals surface area contributed by atoms with Gasteiger partial charge in [-0.25, -0.2) is 9.59 Å². The molecule has 0 aromatic heterocycles. The third-order valence-electron chi connectivity index (χ3n) is 13.6. The third kappa shape index (κ3) is 14.4. The lowest BCUT2D eigenvalue weighted by atomic mass is 9.93. The second kappa shape index (κ2) is 28.6. The summed E-state index contributed by atoms with van der Waals surface area (Å²) in [5.41, 5.74) is 23.1. The van der Waals surface area contributed by atoms with E-state index in [-0.39, 0.29) is 38.4 Å². The highest BCUT2D eigenvalue weighted by Crippen LogP contribution is 2.39. The fraction of sp³-hybridized carbons (Fsp3) is 0.439. The van der Waals surface area contributed by atoms with E-state index in [1.807, 2.05) is 105 Å². The van der Waals surface area contributed by atoms with Gasteiger partial charge in [0.2, 0.25) is 0 Å². The molecule has 5 aromatic carbocycles. The summed E-state index contributed by atoms with van der Waals surface area (Å²) in [4.78, 5) is 34.3. The predicted molar refractivity (Wildman–Crippen MR) is 277 cm³/mol. The number of ether oxygens (including phenoxy) is 12. The van der Waals surface area contributed by atoms with Crippen LogP contribution in [0, 0.1) is 0 Å². The van der Waals surface area contributed by atoms with E-state index < -0.39 is 104 Å². The molecule has 20 heteroatoms. The van der Waals surface area contributed by atoms with Crippen molar-refractivity contribution in [2.75, 3.05) is 20.8 Å². The highest BCUT2D eigenvalue weighted by Gasteiger charge is 2.57. The van der Waals surface area contributed by atoms with E-state index in [4.69, 9.17) is 56.8 Å². The van der Waals surface area contributed by atoms with E-state index in [9.17, 15) is 20.7 Å². The zero-order valence-electron chi connectivity index (χ0n) is 43.2. The summed E-state index contributed by atoms with van der Waals surface area (Å²) in [5.74, 6) is -1.34. The van der Waals surface area contributed by atoms with Crippen LogP contribution in [0.3, 0.4) is 0 Å². The third-order valence-corrected chi connectivity index (χ3v) is 13.6. The van der Waals surface area contributed by atoms with E-state index in [1.54, 1.807) is 60.7 Å². The number of methoxy groups -OCH3 is 2. The number of hydrogen-bond donors (Lipinski definition) is 0. The number of nitrogens with zero attached hydrogens (tertiary/aromatic N) is 6. The van der Waals surface area contributed by atoms with Crippen molar-refractivity contribution < 1.29 is 66.4 Å². The average Bonchev–Trinajstić information content (AvgIpc) is 3.48. The molecule has 3 fully saturated rings. The van der Waals surface area contributed by atoms with Crippen LogP contribution in [0.5, 0.6) is 0 Å². The van der Waals surface area contributed by atoms with Gasteiger partial charge >= 0.3 is 11.9 Å². The summed E-state index contributed by atoms with van der Waals surface area (Å²) in [6, 6.07) is 42.9. The molecule has 8 rings (SSSR count). The van der Waals surface area contributed by atoms with Gasteiger partial charge in [-0.1, -0.05) is 151 Å². The molecule has 5 aromatic rings. The average molecular weight is 1060 g/mol. The predicted octanol–water partition coefficient (Wildman–Crippen LogP) is 9.61. The van der Waals surface area contributed by atoms with Gasteiger partial charge in [-0.2, -0.15) is 0 Å². The first-order chi connectivity index (χ1) is 37.8. The molecule has 0 bridgehead atoms. The molecule has 0 radical (unpaired) electrons. The SMILES string of the molecule is CCC1OC(OC)[C@@H](N=[N+]=[N-])[C@@H](OCc2ccccc2)C1O[C@@H]1O[C@@H](CC)[C@@H](OC2OC(COC(=O)c3ccccc3)C(OC)[C@H](OCc3ccccc3)[C@@H]2N=[N+]=[N-])C(OCc2ccccc2)C1OC(=O)c1ccccc1. The minimum absolute atomic E-state index is 0.00670. The Morgan fingerprint density at radius 2 is 0.870 bits per heavy atom. The summed E-state index contributed by atoms with van der Waals surface area (Å²) in [6.07, 6.45) is -13.8. The zero-order chi connectivity index (χ0) is 53.9. The molecular weight excluding hydrogens is 993 g/mol. The van der Waals surface area contributed by atoms with Crippen LogP contribution < -0.4 is 0 Å². The smallest absolute Gasteiger partial charge is 0.338 e. The lowest BCUT2D eigenvalue weighted by Gasteiger charge is -2.51. The van der Waals surface area contributed by atoms with Crippen molar-refractivity contribution >= 4 is 11.9 Å². The maximum Gasteiger partial charge on any atom is 0.338 e. The standard InChI is InChI=1S/C57H64N6O14/c1-5-41-47(50(44(60-62-58)55(67-4)72-41)69-33-37-24-14-8-15-25-37)77-57-52(75-54(65)40-30-20-11-21-31-40)51(70-34-38-26-16-9-17-27-38)48(42(6-2)73-57)76-56-45(61-63-59)49(68-32-36-22-12-7-13-23-36)46(66-3)43(74-56)35-71-53(64)39-28-18-10-19-29-39/h7-31,41-52,55-57H,5-6,32-35H2,1-4H3/t41?,42-,43?,44-,45-,46?,47?,48+,49+,50+,51?,52?,55?,56?,57-/m0/s1. The largest absolute Gasteiger partial charge is 0.459 e. The summed E-state index contributed by atoms with van der Waals surface area (Å²) in [7, 11) is 2.91. The molecule has 0 aliphatic carbocycles. The fourth-order valence-electron chi connectivity index (χ4n) is 9.74. The number of carbonyl (C=O) groups is 2. The molecule has 3 aliphatic rings. The second-order valence-corrected chi connectivity index (χ2v) is 18.5. The number of esters is 2. The van der Waals surface area contributed by atoms with Gasteiger partial charge in [0.1, 0.15) is 61.4 Å². The molecule has 15 atom stereocenters. The molecule has 20 nitrogen and oxygen atoms in total. The van der Waals surface area contributed by atoms with Crippen molar-refractivity contribution in [1.29, 1.82) is 0 Å². The van der Waals surface area contributed by atoms with Gasteiger partial charge in [0.25, 0.3) is 0 Å². The number of rotatable bonds is 24. The Morgan fingerprint density at radius 1 is 0.468 bits per heavy atom. The minimum atomic E-state index is -1.45. The monoisotopic (exact) mass is 1060 g/mol. The van der Waals surface area contributed by atoms with Crippen LogP contribution >= 0.6 is 0 Å². The van der Waals surface area contributed by atoms with Gasteiger partial charge in [0, 0.05) is 24.0 Å². The van der Waals surface area contributed by atoms with Crippen molar-refractivity contribution in [3.05, 3.63) is 200 Å². The Bertz CT molecular complexity index is 2690. The normalized spacial score (nSPS) is 29.0. The Morgan fingerprint density at radius 3 is 1.34 bits per heavy atom. The Hall–Kier alpha value is -6.74. The molecule has 0 saturated carbocycles. The maximum absolute atomic E-state index is 14.5. The molecule has 0 amide bonds. The first-order valence-corrected chi connectivity index (χ1v) is 25.6. The summed E-state index contributed by atoms with van der Waals surface area (Å²) in [6.45, 7) is 3.62. The van der Waals surface area contributed by atoms with Crippen molar-refractivity contribution in [3.8, 4) is 0 Å². The van der Waals surface area contributed by atoms with Crippen molar-refractivity contribution in [1.82, 2.24) is 0 Å². The van der Waals surface area contributed by atoms with E-state index in [0.29, 0.717) is 12.0 Å². The van der Waals surface area contributed by atoms with E-state index in [1.165, 1.54) is 14.2 Å². The first-order valence-electron chi connectivity index (χ1n) is 25.6. The second-order valence-electron chi connectivity index (χ2n) is 18.5. The molecule has 0 spiro atoms. The van der Waals surface area contributed by atoms with Crippen LogP contribution in [0.1, 0.15) is 64.1 Å². The maximum atomic E-state index is 14.5. The van der Waals surface area contributed by atoms with Gasteiger partial charge in [-0.05, 0) is 64.9 Å². The van der Waals surface area contributed by atoms with Gasteiger partial charge in [0.15, 0.2) is 25.0 Å². The van der Waals surface area contributed by atoms with Crippen LogP contribution in [-0.4, -0.2) is 125 Å². The van der Waals surface area contributed by atoms with Crippen molar-refractivity contribution in [2.24, 2.45) is 10.2 Å². The lowest BCUT2D eigenvalue weighted by molar-refractivity contribution is -0.369. The molecule has 3 heterocycles. The van der Waals surface area contributed by atoms with Crippen LogP contribution in [0.2, 0.25) is 0 Å². The quantitative estimate of drug-likeness (QED) is 0.0242. The van der Waals surface area contributed by atoms with Crippen LogP contribution in [0.15, 0.2) is 162 Å². The number of hydrogen-bond acceptors (Lipinski definition) is 16. The Labute approximate surface area is 446 Å². The summed E-state index contributed by atoms with van der Waals surface area (Å²) in [5, 5.41) is 8.33. The molecule has 406 valence electrons. The Kier molecular flexibility index (Phi) is 21.0. The van der Waals surface area contributed by atoms with Crippen LogP contribution in [0.4, 0.5) is 0 Å². The number of benzene rings is 5. The van der Waals surface area contributed by atoms with Crippen LogP contribution in [0.25, 0.3) is 20.9 Å². The van der Waals surface area contributed by atoms with Gasteiger partial charge in [-0.15, -0.1) is 0 Å². The molecule has 77 heavy (non-hydrogen) atoms. The molecule has 0 N–H and O–H groups in total. The minimum Gasteiger partial charge on any atom is -0.459 e. The highest BCUT2D eigenvalue weighted by molar-refractivity contribution is 5.89. The van der Waals surface area contributed by atoms with Crippen molar-refractivity contribution in [2.45, 2.75) is 139 Å². The van der Waals surface area contributed by atoms with Crippen LogP contribution in [-0.2, 0) is 76.7 Å². The molecule has 3 saturated heterocycles. The van der Waals surface area contributed by atoms with Gasteiger partial charge < -0.3 is 56.8 Å². The van der Waals surface area contributed by atoms with Gasteiger partial charge in [0.05, 0.1) is 43.2 Å². The van der Waals surface area contributed by atoms with E-state index >= 15 is 0 Å². The highest BCUT2D eigenvalue weighted by atomic mass is 16.8. The summed E-state index contributed by atoms with van der Waals surface area (Å²) < 4.78 is 78.7. The van der Waals surface area contributed by atoms with Gasteiger partial charge in [-0.3, -0.25) is 0 Å². The topological polar surface area (TPSA) is 242 Å². The molecular formula is C57H64N6O14. The van der Waals surface area contributed by atoms with E-state index in [2.05, 4.69) is 20.1 Å². The number of carbonyl (C=O) groups excluding carboxylic acids is 2. The van der Waals surface area contributed by atoms with Crippen molar-refractivity contribution in [3.63, 3.8) is 0 Å². The molecule has 3 aliphatic heterocycles.